The Morgan fingerprint density at radius 2 is 2.26 bits per heavy atom. The van der Waals surface area contributed by atoms with E-state index in [9.17, 15) is 14.9 Å². The predicted octanol–water partition coefficient (Wildman–Crippen LogP) is 2.82. The highest BCUT2D eigenvalue weighted by Gasteiger charge is 2.10. The van der Waals surface area contributed by atoms with Crippen molar-refractivity contribution in [3.8, 4) is 5.75 Å². The quantitative estimate of drug-likeness (QED) is 0.492. The smallest absolute Gasteiger partial charge is 0.328 e. The van der Waals surface area contributed by atoms with Crippen LogP contribution in [0.15, 0.2) is 35.9 Å². The first-order valence-electron chi connectivity index (χ1n) is 5.05. The van der Waals surface area contributed by atoms with Crippen molar-refractivity contribution in [2.24, 2.45) is 0 Å². The van der Waals surface area contributed by atoms with Crippen molar-refractivity contribution in [1.82, 2.24) is 0 Å². The largest absolute Gasteiger partial charge is 0.487 e. The Kier molecular flexibility index (Phi) is 5.08. The van der Waals surface area contributed by atoms with Gasteiger partial charge in [0.05, 0.1) is 4.92 Å². The summed E-state index contributed by atoms with van der Waals surface area (Å²) in [5.74, 6) is -0.885. The summed E-state index contributed by atoms with van der Waals surface area (Å²) in [6.45, 7) is 3.46. The van der Waals surface area contributed by atoms with Crippen molar-refractivity contribution in [2.75, 3.05) is 6.61 Å². The average molecular weight is 284 g/mol. The summed E-state index contributed by atoms with van der Waals surface area (Å²) in [4.78, 5) is 20.5. The lowest BCUT2D eigenvalue weighted by atomic mass is 10.1. The van der Waals surface area contributed by atoms with Crippen LogP contribution in [0.5, 0.6) is 5.75 Å². The minimum atomic E-state index is -1.17. The summed E-state index contributed by atoms with van der Waals surface area (Å²) in [6, 6.07) is 3.84. The fourth-order valence-electron chi connectivity index (χ4n) is 1.23. The first-order chi connectivity index (χ1) is 8.90. The third-order valence-corrected chi connectivity index (χ3v) is 2.10. The van der Waals surface area contributed by atoms with Crippen molar-refractivity contribution in [3.63, 3.8) is 0 Å². The molecule has 1 aromatic carbocycles. The molecule has 0 unspecified atom stereocenters. The molecule has 0 fully saturated rings. The maximum atomic E-state index is 10.7. The van der Waals surface area contributed by atoms with Gasteiger partial charge in [-0.2, -0.15) is 0 Å². The lowest BCUT2D eigenvalue weighted by Gasteiger charge is -2.08. The van der Waals surface area contributed by atoms with Crippen LogP contribution in [0, 0.1) is 10.1 Å². The van der Waals surface area contributed by atoms with E-state index >= 15 is 0 Å². The highest BCUT2D eigenvalue weighted by Crippen LogP contribution is 2.26. The van der Waals surface area contributed by atoms with E-state index in [0.717, 1.165) is 6.08 Å². The van der Waals surface area contributed by atoms with E-state index in [1.165, 1.54) is 24.3 Å². The summed E-state index contributed by atoms with van der Waals surface area (Å²) < 4.78 is 5.27. The van der Waals surface area contributed by atoms with Gasteiger partial charge in [0.15, 0.2) is 0 Å². The lowest BCUT2D eigenvalue weighted by molar-refractivity contribution is -0.384. The molecular formula is C12H10ClNO5. The molecule has 7 heteroatoms. The minimum absolute atomic E-state index is 0.0211. The van der Waals surface area contributed by atoms with Gasteiger partial charge in [-0.15, -0.1) is 0 Å². The minimum Gasteiger partial charge on any atom is -0.487 e. The molecule has 0 amide bonds. The van der Waals surface area contributed by atoms with E-state index < -0.39 is 10.9 Å². The standard InChI is InChI=1S/C12H10ClNO5/c1-8(13)7-19-11-4-3-10(14(17)18)6-9(11)2-5-12(15)16/h2-6H,1,7H2,(H,15,16)/b5-2+. The van der Waals surface area contributed by atoms with Gasteiger partial charge < -0.3 is 9.84 Å². The van der Waals surface area contributed by atoms with Crippen LogP contribution in [0.4, 0.5) is 5.69 Å². The third-order valence-electron chi connectivity index (χ3n) is 1.99. The molecular weight excluding hydrogens is 274 g/mol. The van der Waals surface area contributed by atoms with Crippen LogP contribution in [0.3, 0.4) is 0 Å². The summed E-state index contributed by atoms with van der Waals surface area (Å²) in [6.07, 6.45) is 2.07. The van der Waals surface area contributed by atoms with Crippen LogP contribution in [-0.2, 0) is 4.79 Å². The van der Waals surface area contributed by atoms with Gasteiger partial charge in [0.25, 0.3) is 5.69 Å². The molecule has 0 spiro atoms. The van der Waals surface area contributed by atoms with Gasteiger partial charge >= 0.3 is 5.97 Å². The van der Waals surface area contributed by atoms with Gasteiger partial charge in [0.1, 0.15) is 12.4 Å². The number of hydrogen-bond donors (Lipinski definition) is 1. The van der Waals surface area contributed by atoms with Crippen LogP contribution in [0.2, 0.25) is 0 Å². The number of halogens is 1. The molecule has 1 N–H and O–H groups in total. The topological polar surface area (TPSA) is 89.7 Å². The highest BCUT2D eigenvalue weighted by atomic mass is 35.5. The van der Waals surface area contributed by atoms with Gasteiger partial charge in [0.2, 0.25) is 0 Å². The number of non-ortho nitro benzene ring substituents is 1. The van der Waals surface area contributed by atoms with Gasteiger partial charge in [-0.3, -0.25) is 10.1 Å². The second-order valence-corrected chi connectivity index (χ2v) is 3.99. The normalized spacial score (nSPS) is 10.4. The number of carbonyl (C=O) groups is 1. The van der Waals surface area contributed by atoms with Gasteiger partial charge in [-0.05, 0) is 12.1 Å². The maximum absolute atomic E-state index is 10.7. The number of carboxylic acids is 1. The Bertz CT molecular complexity index is 553. The van der Waals surface area contributed by atoms with Crippen LogP contribution >= 0.6 is 11.6 Å². The van der Waals surface area contributed by atoms with Gasteiger partial charge in [-0.1, -0.05) is 18.2 Å². The zero-order chi connectivity index (χ0) is 14.4. The van der Waals surface area contributed by atoms with E-state index in [0.29, 0.717) is 0 Å². The first kappa shape index (κ1) is 14.7. The predicted molar refractivity (Wildman–Crippen MR) is 70.3 cm³/mol. The maximum Gasteiger partial charge on any atom is 0.328 e. The Morgan fingerprint density at radius 1 is 1.58 bits per heavy atom. The number of carboxylic acid groups (broad SMARTS) is 1. The zero-order valence-corrected chi connectivity index (χ0v) is 10.5. The molecule has 0 aliphatic carbocycles. The lowest BCUT2D eigenvalue weighted by Crippen LogP contribution is -1.99. The van der Waals surface area contributed by atoms with E-state index in [1.807, 2.05) is 0 Å². The van der Waals surface area contributed by atoms with E-state index in [4.69, 9.17) is 21.4 Å². The Morgan fingerprint density at radius 3 is 2.79 bits per heavy atom. The van der Waals surface area contributed by atoms with Crippen molar-refractivity contribution in [2.45, 2.75) is 0 Å². The molecule has 0 aliphatic heterocycles. The van der Waals surface area contributed by atoms with Crippen LogP contribution in [0.1, 0.15) is 5.56 Å². The molecule has 0 saturated carbocycles. The molecule has 0 radical (unpaired) electrons. The highest BCUT2D eigenvalue weighted by molar-refractivity contribution is 6.29. The monoisotopic (exact) mass is 283 g/mol. The van der Waals surface area contributed by atoms with Crippen molar-refractivity contribution in [1.29, 1.82) is 0 Å². The molecule has 1 rings (SSSR count). The molecule has 0 atom stereocenters. The second-order valence-electron chi connectivity index (χ2n) is 3.46. The molecule has 1 aromatic rings. The molecule has 0 aliphatic rings. The number of nitro benzene ring substituents is 1. The van der Waals surface area contributed by atoms with Crippen LogP contribution in [-0.4, -0.2) is 22.6 Å². The molecule has 0 bridgehead atoms. The SMILES string of the molecule is C=C(Cl)COc1ccc([N+](=O)[O-])cc1/C=C/C(=O)O. The summed E-state index contributed by atoms with van der Waals surface area (Å²) >= 11 is 5.55. The summed E-state index contributed by atoms with van der Waals surface area (Å²) in [5.41, 5.74) is 0.108. The summed E-state index contributed by atoms with van der Waals surface area (Å²) in [7, 11) is 0. The summed E-state index contributed by atoms with van der Waals surface area (Å²) in [5, 5.41) is 19.5. The third kappa shape index (κ3) is 4.81. The Hall–Kier alpha value is -2.34. The van der Waals surface area contributed by atoms with E-state index in [2.05, 4.69) is 6.58 Å². The number of nitrogens with zero attached hydrogens (tertiary/aromatic N) is 1. The molecule has 0 aromatic heterocycles. The number of aliphatic carboxylic acids is 1. The van der Waals surface area contributed by atoms with Crippen LogP contribution in [0.25, 0.3) is 6.08 Å². The Balaban J connectivity index is 3.10. The molecule has 0 heterocycles. The van der Waals surface area contributed by atoms with Crippen LogP contribution < -0.4 is 4.74 Å². The van der Waals surface area contributed by atoms with Crippen molar-refractivity contribution < 1.29 is 19.6 Å². The van der Waals surface area contributed by atoms with Crippen molar-refractivity contribution >= 4 is 29.3 Å². The van der Waals surface area contributed by atoms with Gasteiger partial charge in [0, 0.05) is 28.8 Å². The van der Waals surface area contributed by atoms with E-state index in [1.54, 1.807) is 0 Å². The first-order valence-corrected chi connectivity index (χ1v) is 5.43. The fraction of sp³-hybridized carbons (Fsp3) is 0.0833. The van der Waals surface area contributed by atoms with E-state index in [-0.39, 0.29) is 28.6 Å². The zero-order valence-electron chi connectivity index (χ0n) is 9.71. The number of nitro groups is 1. The number of hydrogen-bond acceptors (Lipinski definition) is 4. The number of ether oxygens (including phenoxy) is 1. The molecule has 100 valence electrons. The fourth-order valence-corrected chi connectivity index (χ4v) is 1.28. The molecule has 19 heavy (non-hydrogen) atoms. The number of benzene rings is 1. The molecule has 0 saturated heterocycles. The second kappa shape index (κ2) is 6.55. The van der Waals surface area contributed by atoms with Crippen molar-refractivity contribution in [3.05, 3.63) is 51.6 Å². The molecule has 6 nitrogen and oxygen atoms in total. The van der Waals surface area contributed by atoms with Gasteiger partial charge in [-0.25, -0.2) is 4.79 Å². The Labute approximate surface area is 113 Å². The number of rotatable bonds is 6. The average Bonchev–Trinajstić information content (AvgIpc) is 2.33.